The number of rotatable bonds is 3. The first kappa shape index (κ1) is 12.8. The Kier molecular flexibility index (Phi) is 4.11. The predicted octanol–water partition coefficient (Wildman–Crippen LogP) is 0.761. The molecule has 0 aromatic heterocycles. The molecule has 0 bridgehead atoms. The molecule has 1 heterocycles. The van der Waals surface area contributed by atoms with Gasteiger partial charge in [0.2, 0.25) is 5.91 Å². The van der Waals surface area contributed by atoms with Crippen molar-refractivity contribution in [3.05, 3.63) is 24.0 Å². The van der Waals surface area contributed by atoms with Gasteiger partial charge in [0.25, 0.3) is 0 Å². The topological polar surface area (TPSA) is 59.6 Å². The van der Waals surface area contributed by atoms with Crippen LogP contribution in [0, 0.1) is 5.82 Å². The molecule has 1 aromatic rings. The van der Waals surface area contributed by atoms with Crippen LogP contribution in [-0.2, 0) is 9.53 Å². The lowest BCUT2D eigenvalue weighted by atomic mass is 10.2. The van der Waals surface area contributed by atoms with Crippen LogP contribution in [0.5, 0.6) is 5.75 Å². The van der Waals surface area contributed by atoms with Gasteiger partial charge in [0.15, 0.2) is 11.6 Å². The minimum Gasteiger partial charge on any atom is -0.494 e. The summed E-state index contributed by atoms with van der Waals surface area (Å²) < 4.78 is 23.2. The number of hydrogen-bond acceptors (Lipinski definition) is 4. The Labute approximate surface area is 104 Å². The standard InChI is InChI=1S/C12H15FN2O3/c1-17-11-6-8(2-3-9(11)13)15-12(16)10-7-18-5-4-14-10/h2-3,6,10,14H,4-5,7H2,1H3,(H,15,16). The van der Waals surface area contributed by atoms with E-state index in [1.165, 1.54) is 25.3 Å². The van der Waals surface area contributed by atoms with Gasteiger partial charge in [0, 0.05) is 18.3 Å². The second kappa shape index (κ2) is 5.79. The van der Waals surface area contributed by atoms with E-state index in [0.717, 1.165) is 0 Å². The van der Waals surface area contributed by atoms with Crippen LogP contribution in [0.2, 0.25) is 0 Å². The summed E-state index contributed by atoms with van der Waals surface area (Å²) in [4.78, 5) is 11.9. The van der Waals surface area contributed by atoms with Gasteiger partial charge in [0.05, 0.1) is 20.3 Å². The first-order chi connectivity index (χ1) is 8.70. The molecule has 0 radical (unpaired) electrons. The largest absolute Gasteiger partial charge is 0.494 e. The maximum atomic E-state index is 13.2. The number of morpholine rings is 1. The normalized spacial score (nSPS) is 19.3. The van der Waals surface area contributed by atoms with Gasteiger partial charge in [-0.3, -0.25) is 4.79 Å². The fraction of sp³-hybridized carbons (Fsp3) is 0.417. The number of ether oxygens (including phenoxy) is 2. The molecule has 1 aliphatic heterocycles. The average molecular weight is 254 g/mol. The van der Waals surface area contributed by atoms with E-state index in [0.29, 0.717) is 25.4 Å². The summed E-state index contributed by atoms with van der Waals surface area (Å²) in [5, 5.41) is 5.72. The van der Waals surface area contributed by atoms with Crippen LogP contribution in [0.4, 0.5) is 10.1 Å². The molecule has 1 amide bonds. The molecule has 1 saturated heterocycles. The lowest BCUT2D eigenvalue weighted by molar-refractivity contribution is -0.120. The van der Waals surface area contributed by atoms with Crippen molar-refractivity contribution in [1.29, 1.82) is 0 Å². The van der Waals surface area contributed by atoms with Gasteiger partial charge in [-0.1, -0.05) is 0 Å². The molecule has 5 nitrogen and oxygen atoms in total. The van der Waals surface area contributed by atoms with Gasteiger partial charge < -0.3 is 20.1 Å². The van der Waals surface area contributed by atoms with Crippen LogP contribution in [0.15, 0.2) is 18.2 Å². The van der Waals surface area contributed by atoms with E-state index in [2.05, 4.69) is 10.6 Å². The Balaban J connectivity index is 2.02. The van der Waals surface area contributed by atoms with Crippen LogP contribution in [0.3, 0.4) is 0 Å². The smallest absolute Gasteiger partial charge is 0.243 e. The second-order valence-corrected chi connectivity index (χ2v) is 3.92. The molecule has 1 atom stereocenters. The van der Waals surface area contributed by atoms with Gasteiger partial charge in [0.1, 0.15) is 6.04 Å². The molecule has 1 aromatic carbocycles. The third-order valence-corrected chi connectivity index (χ3v) is 2.66. The Morgan fingerprint density at radius 1 is 1.61 bits per heavy atom. The molecule has 0 spiro atoms. The number of anilines is 1. The molecule has 6 heteroatoms. The zero-order valence-electron chi connectivity index (χ0n) is 10.0. The van der Waals surface area contributed by atoms with Crippen LogP contribution in [0.25, 0.3) is 0 Å². The third-order valence-electron chi connectivity index (χ3n) is 2.66. The fourth-order valence-electron chi connectivity index (χ4n) is 1.70. The highest BCUT2D eigenvalue weighted by Gasteiger charge is 2.21. The Hall–Kier alpha value is -1.66. The van der Waals surface area contributed by atoms with E-state index in [1.54, 1.807) is 0 Å². The molecule has 1 aliphatic rings. The number of halogens is 1. The van der Waals surface area contributed by atoms with Gasteiger partial charge in [-0.25, -0.2) is 4.39 Å². The minimum absolute atomic E-state index is 0.0978. The summed E-state index contributed by atoms with van der Waals surface area (Å²) in [6.45, 7) is 1.59. The molecule has 98 valence electrons. The summed E-state index contributed by atoms with van der Waals surface area (Å²) in [5.74, 6) is -0.571. The summed E-state index contributed by atoms with van der Waals surface area (Å²) in [5.41, 5.74) is 0.491. The SMILES string of the molecule is COc1cc(NC(=O)C2COCCN2)ccc1F. The number of methoxy groups -OCH3 is 1. The molecule has 0 saturated carbocycles. The highest BCUT2D eigenvalue weighted by molar-refractivity contribution is 5.95. The monoisotopic (exact) mass is 254 g/mol. The van der Waals surface area contributed by atoms with Crippen molar-refractivity contribution in [3.63, 3.8) is 0 Å². The number of carbonyl (C=O) groups is 1. The molecular formula is C12H15FN2O3. The van der Waals surface area contributed by atoms with E-state index in [4.69, 9.17) is 9.47 Å². The molecule has 1 unspecified atom stereocenters. The summed E-state index contributed by atoms with van der Waals surface area (Å²) >= 11 is 0. The van der Waals surface area contributed by atoms with Gasteiger partial charge in [-0.15, -0.1) is 0 Å². The average Bonchev–Trinajstić information content (AvgIpc) is 2.42. The van der Waals surface area contributed by atoms with Gasteiger partial charge in [-0.2, -0.15) is 0 Å². The van der Waals surface area contributed by atoms with E-state index in [1.807, 2.05) is 0 Å². The van der Waals surface area contributed by atoms with Crippen LogP contribution in [-0.4, -0.2) is 38.8 Å². The van der Waals surface area contributed by atoms with E-state index in [9.17, 15) is 9.18 Å². The summed E-state index contributed by atoms with van der Waals surface area (Å²) in [6, 6.07) is 3.80. The lowest BCUT2D eigenvalue weighted by Gasteiger charge is -2.22. The van der Waals surface area contributed by atoms with Crippen LogP contribution in [0.1, 0.15) is 0 Å². The third kappa shape index (κ3) is 2.96. The van der Waals surface area contributed by atoms with Crippen molar-refractivity contribution in [3.8, 4) is 5.75 Å². The molecule has 2 rings (SSSR count). The van der Waals surface area contributed by atoms with Crippen molar-refractivity contribution >= 4 is 11.6 Å². The minimum atomic E-state index is -0.463. The van der Waals surface area contributed by atoms with Gasteiger partial charge in [-0.05, 0) is 12.1 Å². The van der Waals surface area contributed by atoms with Crippen molar-refractivity contribution in [2.75, 3.05) is 32.2 Å². The maximum absolute atomic E-state index is 13.2. The fourth-order valence-corrected chi connectivity index (χ4v) is 1.70. The highest BCUT2D eigenvalue weighted by atomic mass is 19.1. The highest BCUT2D eigenvalue weighted by Crippen LogP contribution is 2.21. The van der Waals surface area contributed by atoms with E-state index in [-0.39, 0.29) is 17.7 Å². The summed E-state index contributed by atoms with van der Waals surface area (Å²) in [7, 11) is 1.38. The van der Waals surface area contributed by atoms with Crippen molar-refractivity contribution < 1.29 is 18.7 Å². The first-order valence-electron chi connectivity index (χ1n) is 5.66. The number of benzene rings is 1. The molecule has 0 aliphatic carbocycles. The predicted molar refractivity (Wildman–Crippen MR) is 64.2 cm³/mol. The molecule has 18 heavy (non-hydrogen) atoms. The van der Waals surface area contributed by atoms with Crippen LogP contribution >= 0.6 is 0 Å². The Morgan fingerprint density at radius 3 is 3.11 bits per heavy atom. The maximum Gasteiger partial charge on any atom is 0.243 e. The van der Waals surface area contributed by atoms with Gasteiger partial charge >= 0.3 is 0 Å². The van der Waals surface area contributed by atoms with Crippen molar-refractivity contribution in [1.82, 2.24) is 5.32 Å². The number of amides is 1. The number of nitrogens with one attached hydrogen (secondary N) is 2. The second-order valence-electron chi connectivity index (χ2n) is 3.92. The van der Waals surface area contributed by atoms with Crippen LogP contribution < -0.4 is 15.4 Å². The van der Waals surface area contributed by atoms with Crippen molar-refractivity contribution in [2.45, 2.75) is 6.04 Å². The van der Waals surface area contributed by atoms with Crippen molar-refractivity contribution in [2.24, 2.45) is 0 Å². The van der Waals surface area contributed by atoms with E-state index >= 15 is 0 Å². The van der Waals surface area contributed by atoms with E-state index < -0.39 is 5.82 Å². The Morgan fingerprint density at radius 2 is 2.44 bits per heavy atom. The molecular weight excluding hydrogens is 239 g/mol. The number of hydrogen-bond donors (Lipinski definition) is 2. The number of carbonyl (C=O) groups excluding carboxylic acids is 1. The quantitative estimate of drug-likeness (QED) is 0.836. The first-order valence-corrected chi connectivity index (χ1v) is 5.66. The zero-order valence-corrected chi connectivity index (χ0v) is 10.0. The molecule has 2 N–H and O–H groups in total. The zero-order chi connectivity index (χ0) is 13.0. The molecule has 1 fully saturated rings. The lowest BCUT2D eigenvalue weighted by Crippen LogP contribution is -2.48. The Bertz CT molecular complexity index is 433. The summed E-state index contributed by atoms with van der Waals surface area (Å²) in [6.07, 6.45) is 0.